The first-order chi connectivity index (χ1) is 9.03. The van der Waals surface area contributed by atoms with Gasteiger partial charge in [0.25, 0.3) is 0 Å². The van der Waals surface area contributed by atoms with Gasteiger partial charge in [0.15, 0.2) is 0 Å². The highest BCUT2D eigenvalue weighted by Crippen LogP contribution is 2.29. The Morgan fingerprint density at radius 1 is 1.32 bits per heavy atom. The van der Waals surface area contributed by atoms with Crippen LogP contribution in [0.3, 0.4) is 0 Å². The van der Waals surface area contributed by atoms with Gasteiger partial charge in [0.05, 0.1) is 0 Å². The van der Waals surface area contributed by atoms with Gasteiger partial charge in [0.1, 0.15) is 10.6 Å². The second-order valence-electron chi connectivity index (χ2n) is 4.81. The molecule has 1 saturated carbocycles. The van der Waals surface area contributed by atoms with E-state index in [1.54, 1.807) is 23.9 Å². The number of aromatic hydroxyl groups is 1. The van der Waals surface area contributed by atoms with Gasteiger partial charge in [-0.3, -0.25) is 0 Å². The molecule has 0 radical (unpaired) electrons. The monoisotopic (exact) mass is 301 g/mol. The molecule has 0 saturated heterocycles. The van der Waals surface area contributed by atoms with E-state index in [1.807, 2.05) is 0 Å². The Morgan fingerprint density at radius 3 is 2.74 bits per heavy atom. The summed E-state index contributed by atoms with van der Waals surface area (Å²) in [5.74, 6) is -0.202. The molecule has 0 heterocycles. The number of phenols is 1. The molecule has 2 unspecified atom stereocenters. The predicted octanol–water partition coefficient (Wildman–Crippen LogP) is 2.34. The molecule has 0 aromatic heterocycles. The van der Waals surface area contributed by atoms with Gasteiger partial charge in [-0.15, -0.1) is 0 Å². The van der Waals surface area contributed by atoms with Gasteiger partial charge in [-0.05, 0) is 37.7 Å². The number of hydrogen-bond acceptors (Lipinski definition) is 4. The standard InChI is InChI=1S/C13H19NO3S2/c1-18-11-6-4-5-10(9-11)14-19(16,17)13-8-3-2-7-12(13)15/h2-3,7-8,10-11,14-15H,4-6,9H2,1H3. The molecule has 19 heavy (non-hydrogen) atoms. The van der Waals surface area contributed by atoms with Crippen molar-refractivity contribution in [2.24, 2.45) is 0 Å². The molecule has 2 atom stereocenters. The van der Waals surface area contributed by atoms with Crippen LogP contribution in [0.1, 0.15) is 25.7 Å². The zero-order chi connectivity index (χ0) is 13.9. The van der Waals surface area contributed by atoms with Crippen LogP contribution in [-0.4, -0.2) is 31.1 Å². The van der Waals surface area contributed by atoms with Crippen molar-refractivity contribution in [1.82, 2.24) is 4.72 Å². The third kappa shape index (κ3) is 3.64. The molecule has 106 valence electrons. The lowest BCUT2D eigenvalue weighted by atomic mass is 9.96. The summed E-state index contributed by atoms with van der Waals surface area (Å²) in [6.45, 7) is 0. The van der Waals surface area contributed by atoms with Gasteiger partial charge in [0, 0.05) is 11.3 Å². The number of para-hydroxylation sites is 1. The molecular weight excluding hydrogens is 282 g/mol. The van der Waals surface area contributed by atoms with Crippen molar-refractivity contribution in [2.45, 2.75) is 41.9 Å². The molecule has 1 fully saturated rings. The normalized spacial score (nSPS) is 24.3. The van der Waals surface area contributed by atoms with E-state index < -0.39 is 10.0 Å². The number of rotatable bonds is 4. The van der Waals surface area contributed by atoms with Crippen LogP contribution in [-0.2, 0) is 10.0 Å². The summed E-state index contributed by atoms with van der Waals surface area (Å²) in [5.41, 5.74) is 0. The van der Waals surface area contributed by atoms with Crippen LogP contribution in [0.5, 0.6) is 5.75 Å². The lowest BCUT2D eigenvalue weighted by Gasteiger charge is -2.28. The summed E-state index contributed by atoms with van der Waals surface area (Å²) >= 11 is 1.79. The third-order valence-electron chi connectivity index (χ3n) is 3.44. The second-order valence-corrected chi connectivity index (χ2v) is 7.63. The van der Waals surface area contributed by atoms with Crippen LogP contribution >= 0.6 is 11.8 Å². The summed E-state index contributed by atoms with van der Waals surface area (Å²) < 4.78 is 27.2. The van der Waals surface area contributed by atoms with Crippen molar-refractivity contribution < 1.29 is 13.5 Å². The summed E-state index contributed by atoms with van der Waals surface area (Å²) in [5, 5.41) is 10.2. The molecular formula is C13H19NO3S2. The van der Waals surface area contributed by atoms with E-state index in [0.29, 0.717) is 5.25 Å². The van der Waals surface area contributed by atoms with Crippen molar-refractivity contribution in [3.05, 3.63) is 24.3 Å². The largest absolute Gasteiger partial charge is 0.507 e. The summed E-state index contributed by atoms with van der Waals surface area (Å²) in [7, 11) is -3.63. The van der Waals surface area contributed by atoms with E-state index in [2.05, 4.69) is 11.0 Å². The maximum atomic E-state index is 12.2. The first kappa shape index (κ1) is 14.7. The summed E-state index contributed by atoms with van der Waals surface area (Å²) in [4.78, 5) is -0.0405. The highest BCUT2D eigenvalue weighted by molar-refractivity contribution is 7.99. The zero-order valence-electron chi connectivity index (χ0n) is 10.9. The molecule has 1 aliphatic carbocycles. The van der Waals surface area contributed by atoms with Crippen LogP contribution in [0.4, 0.5) is 0 Å². The Kier molecular flexibility index (Phi) is 4.76. The minimum atomic E-state index is -3.63. The topological polar surface area (TPSA) is 66.4 Å². The molecule has 0 spiro atoms. The number of sulfonamides is 1. The van der Waals surface area contributed by atoms with E-state index >= 15 is 0 Å². The first-order valence-electron chi connectivity index (χ1n) is 6.36. The Balaban J connectivity index is 2.11. The Bertz CT molecular complexity index is 530. The van der Waals surface area contributed by atoms with Gasteiger partial charge in [-0.1, -0.05) is 18.6 Å². The average Bonchev–Trinajstić information content (AvgIpc) is 2.38. The predicted molar refractivity (Wildman–Crippen MR) is 78.0 cm³/mol. The first-order valence-corrected chi connectivity index (χ1v) is 9.13. The van der Waals surface area contributed by atoms with Crippen molar-refractivity contribution in [2.75, 3.05) is 6.26 Å². The SMILES string of the molecule is CSC1CCCC(NS(=O)(=O)c2ccccc2O)C1. The molecule has 2 rings (SSSR count). The lowest BCUT2D eigenvalue weighted by Crippen LogP contribution is -2.39. The molecule has 4 nitrogen and oxygen atoms in total. The maximum absolute atomic E-state index is 12.2. The van der Waals surface area contributed by atoms with Gasteiger partial charge in [-0.25, -0.2) is 13.1 Å². The van der Waals surface area contributed by atoms with Crippen LogP contribution in [0.15, 0.2) is 29.2 Å². The van der Waals surface area contributed by atoms with Crippen molar-refractivity contribution >= 4 is 21.8 Å². The van der Waals surface area contributed by atoms with E-state index in [4.69, 9.17) is 0 Å². The molecule has 1 aromatic carbocycles. The van der Waals surface area contributed by atoms with E-state index in [1.165, 1.54) is 12.1 Å². The van der Waals surface area contributed by atoms with Gasteiger partial charge >= 0.3 is 0 Å². The van der Waals surface area contributed by atoms with Crippen molar-refractivity contribution in [3.63, 3.8) is 0 Å². The molecule has 6 heteroatoms. The fourth-order valence-electron chi connectivity index (χ4n) is 2.43. The molecule has 1 aromatic rings. The molecule has 0 aliphatic heterocycles. The smallest absolute Gasteiger partial charge is 0.244 e. The van der Waals surface area contributed by atoms with Crippen LogP contribution < -0.4 is 4.72 Å². The Hall–Kier alpha value is -0.720. The lowest BCUT2D eigenvalue weighted by molar-refractivity contribution is 0.418. The third-order valence-corrected chi connectivity index (χ3v) is 6.10. The van der Waals surface area contributed by atoms with E-state index in [9.17, 15) is 13.5 Å². The summed E-state index contributed by atoms with van der Waals surface area (Å²) in [6.07, 6.45) is 5.97. The number of benzene rings is 1. The van der Waals surface area contributed by atoms with Gasteiger partial charge in [-0.2, -0.15) is 11.8 Å². The van der Waals surface area contributed by atoms with Crippen LogP contribution in [0.2, 0.25) is 0 Å². The fourth-order valence-corrected chi connectivity index (χ4v) is 4.64. The second kappa shape index (κ2) is 6.15. The highest BCUT2D eigenvalue weighted by atomic mass is 32.2. The number of nitrogens with one attached hydrogen (secondary N) is 1. The van der Waals surface area contributed by atoms with Gasteiger partial charge < -0.3 is 5.11 Å². The maximum Gasteiger partial charge on any atom is 0.244 e. The summed E-state index contributed by atoms with van der Waals surface area (Å²) in [6, 6.07) is 6.00. The van der Waals surface area contributed by atoms with Gasteiger partial charge in [0.2, 0.25) is 10.0 Å². The minimum Gasteiger partial charge on any atom is -0.507 e. The molecule has 1 aliphatic rings. The number of thioether (sulfide) groups is 1. The van der Waals surface area contributed by atoms with Crippen LogP contribution in [0.25, 0.3) is 0 Å². The number of hydrogen-bond donors (Lipinski definition) is 2. The van der Waals surface area contributed by atoms with Crippen molar-refractivity contribution in [3.8, 4) is 5.75 Å². The van der Waals surface area contributed by atoms with E-state index in [0.717, 1.165) is 25.7 Å². The molecule has 0 amide bonds. The fraction of sp³-hybridized carbons (Fsp3) is 0.538. The van der Waals surface area contributed by atoms with Crippen LogP contribution in [0, 0.1) is 0 Å². The highest BCUT2D eigenvalue weighted by Gasteiger charge is 2.27. The Morgan fingerprint density at radius 2 is 2.05 bits per heavy atom. The quantitative estimate of drug-likeness (QED) is 0.896. The van der Waals surface area contributed by atoms with E-state index in [-0.39, 0.29) is 16.7 Å². The molecule has 2 N–H and O–H groups in total. The molecule has 0 bridgehead atoms. The average molecular weight is 301 g/mol. The zero-order valence-corrected chi connectivity index (χ0v) is 12.5. The van der Waals surface area contributed by atoms with Crippen molar-refractivity contribution in [1.29, 1.82) is 0 Å². The number of phenolic OH excluding ortho intramolecular Hbond substituents is 1. The minimum absolute atomic E-state index is 0.0317. The Labute approximate surface area is 118 Å².